The van der Waals surface area contributed by atoms with Crippen molar-refractivity contribution in [2.45, 2.75) is 31.6 Å². The number of nitrogens with one attached hydrogen (secondary N) is 2. The summed E-state index contributed by atoms with van der Waals surface area (Å²) >= 11 is 0. The number of anilines is 1. The van der Waals surface area contributed by atoms with Gasteiger partial charge in [0.05, 0.1) is 12.6 Å². The van der Waals surface area contributed by atoms with Gasteiger partial charge in [-0.1, -0.05) is 12.1 Å². The van der Waals surface area contributed by atoms with Crippen LogP contribution in [0.1, 0.15) is 18.4 Å². The van der Waals surface area contributed by atoms with Crippen LogP contribution in [0.3, 0.4) is 0 Å². The summed E-state index contributed by atoms with van der Waals surface area (Å²) in [5, 5.41) is 10.8. The van der Waals surface area contributed by atoms with Crippen LogP contribution in [0, 0.1) is 0 Å². The maximum Gasteiger partial charge on any atom is 0.490 e. The van der Waals surface area contributed by atoms with Crippen molar-refractivity contribution in [1.82, 2.24) is 10.3 Å². The van der Waals surface area contributed by atoms with Crippen molar-refractivity contribution < 1.29 is 32.2 Å². The minimum atomic E-state index is -5.08. The number of oxazole rings is 1. The Morgan fingerprint density at radius 3 is 2.58 bits per heavy atom. The molecule has 2 heterocycles. The van der Waals surface area contributed by atoms with Gasteiger partial charge in [-0.3, -0.25) is 4.98 Å². The van der Waals surface area contributed by atoms with Gasteiger partial charge in [0.25, 0.3) is 0 Å². The molecule has 178 valence electrons. The fourth-order valence-electron chi connectivity index (χ4n) is 3.52. The zero-order valence-corrected chi connectivity index (χ0v) is 17.8. The molecule has 4 rings (SSSR count). The molecule has 33 heavy (non-hydrogen) atoms. The van der Waals surface area contributed by atoms with Crippen molar-refractivity contribution in [3.63, 3.8) is 0 Å². The minimum Gasteiger partial charge on any atom is -0.497 e. The first-order valence-corrected chi connectivity index (χ1v) is 10.2. The predicted octanol–water partition coefficient (Wildman–Crippen LogP) is 3.52. The van der Waals surface area contributed by atoms with Crippen LogP contribution in [-0.4, -0.2) is 48.5 Å². The van der Waals surface area contributed by atoms with E-state index < -0.39 is 17.9 Å². The Kier molecular flexibility index (Phi) is 7.64. The fourth-order valence-corrected chi connectivity index (χ4v) is 3.52. The molecule has 1 aliphatic heterocycles. The fraction of sp³-hybridized carbons (Fsp3) is 0.364. The molecule has 0 unspecified atom stereocenters. The number of H-pyrrole nitrogens is 1. The number of benzene rings is 2. The number of carbonyl (C=O) groups is 1. The van der Waals surface area contributed by atoms with Crippen LogP contribution < -0.4 is 20.7 Å². The molecule has 8 nitrogen and oxygen atoms in total. The van der Waals surface area contributed by atoms with Gasteiger partial charge in [0.1, 0.15) is 5.75 Å². The third-order valence-electron chi connectivity index (χ3n) is 5.23. The molecule has 0 spiro atoms. The van der Waals surface area contributed by atoms with Gasteiger partial charge in [-0.15, -0.1) is 0 Å². The molecule has 1 fully saturated rings. The molecule has 1 saturated heterocycles. The number of ether oxygens (including phenoxy) is 1. The predicted molar refractivity (Wildman–Crippen MR) is 116 cm³/mol. The van der Waals surface area contributed by atoms with E-state index in [1.165, 1.54) is 5.69 Å². The highest BCUT2D eigenvalue weighted by Crippen LogP contribution is 2.24. The number of alkyl halides is 3. The second-order valence-corrected chi connectivity index (χ2v) is 7.49. The summed E-state index contributed by atoms with van der Waals surface area (Å²) in [5.74, 6) is -2.27. The van der Waals surface area contributed by atoms with E-state index in [4.69, 9.17) is 19.1 Å². The van der Waals surface area contributed by atoms with Crippen molar-refractivity contribution in [2.75, 3.05) is 25.1 Å². The van der Waals surface area contributed by atoms with E-state index >= 15 is 0 Å². The first-order chi connectivity index (χ1) is 15.7. The lowest BCUT2D eigenvalue weighted by molar-refractivity contribution is -0.192. The molecule has 11 heteroatoms. The van der Waals surface area contributed by atoms with Crippen LogP contribution in [0.5, 0.6) is 5.75 Å². The molecule has 1 aliphatic rings. The van der Waals surface area contributed by atoms with Crippen molar-refractivity contribution in [3.8, 4) is 5.75 Å². The molecule has 0 atom stereocenters. The Morgan fingerprint density at radius 1 is 1.24 bits per heavy atom. The van der Waals surface area contributed by atoms with Gasteiger partial charge in [0.2, 0.25) is 0 Å². The van der Waals surface area contributed by atoms with E-state index in [1.54, 1.807) is 7.11 Å². The molecule has 0 aliphatic carbocycles. The van der Waals surface area contributed by atoms with Crippen molar-refractivity contribution in [1.29, 1.82) is 0 Å². The zero-order chi connectivity index (χ0) is 24.0. The van der Waals surface area contributed by atoms with Gasteiger partial charge in [-0.25, -0.2) is 9.59 Å². The van der Waals surface area contributed by atoms with E-state index in [1.807, 2.05) is 30.3 Å². The van der Waals surface area contributed by atoms with Gasteiger partial charge >= 0.3 is 17.9 Å². The van der Waals surface area contributed by atoms with E-state index in [0.717, 1.165) is 49.3 Å². The quantitative estimate of drug-likeness (QED) is 0.527. The van der Waals surface area contributed by atoms with Crippen LogP contribution in [0.4, 0.5) is 18.9 Å². The average Bonchev–Trinajstić information content (AvgIpc) is 3.17. The van der Waals surface area contributed by atoms with Crippen molar-refractivity contribution >= 4 is 22.8 Å². The number of aromatic nitrogens is 1. The van der Waals surface area contributed by atoms with Gasteiger partial charge in [0.15, 0.2) is 5.58 Å². The summed E-state index contributed by atoms with van der Waals surface area (Å²) in [4.78, 5) is 25.2. The van der Waals surface area contributed by atoms with Crippen molar-refractivity contribution in [2.24, 2.45) is 0 Å². The highest BCUT2D eigenvalue weighted by Gasteiger charge is 2.38. The van der Waals surface area contributed by atoms with Gasteiger partial charge in [0, 0.05) is 37.4 Å². The Bertz CT molecular complexity index is 1130. The number of nitrogens with zero attached hydrogens (tertiary/aromatic N) is 1. The van der Waals surface area contributed by atoms with E-state index in [0.29, 0.717) is 11.6 Å². The highest BCUT2D eigenvalue weighted by atomic mass is 19.4. The first kappa shape index (κ1) is 24.2. The van der Waals surface area contributed by atoms with Gasteiger partial charge < -0.3 is 24.5 Å². The van der Waals surface area contributed by atoms with Crippen LogP contribution in [0.2, 0.25) is 0 Å². The molecule has 3 N–H and O–H groups in total. The molecule has 2 aromatic carbocycles. The zero-order valence-electron chi connectivity index (χ0n) is 17.8. The highest BCUT2D eigenvalue weighted by molar-refractivity contribution is 5.73. The summed E-state index contributed by atoms with van der Waals surface area (Å²) in [7, 11) is 1.70. The van der Waals surface area contributed by atoms with Crippen LogP contribution in [0.25, 0.3) is 11.1 Å². The average molecular weight is 467 g/mol. The van der Waals surface area contributed by atoms with E-state index in [9.17, 15) is 18.0 Å². The maximum absolute atomic E-state index is 11.2. The lowest BCUT2D eigenvalue weighted by Gasteiger charge is -2.34. The van der Waals surface area contributed by atoms with E-state index in [-0.39, 0.29) is 0 Å². The van der Waals surface area contributed by atoms with Crippen LogP contribution >= 0.6 is 0 Å². The summed E-state index contributed by atoms with van der Waals surface area (Å²) in [5.41, 5.74) is 3.72. The summed E-state index contributed by atoms with van der Waals surface area (Å²) in [6.07, 6.45) is -2.88. The summed E-state index contributed by atoms with van der Waals surface area (Å²) in [6.45, 7) is 2.84. The molecule has 3 aromatic rings. The number of carboxylic acids is 1. The normalized spacial score (nSPS) is 14.6. The van der Waals surface area contributed by atoms with E-state index in [2.05, 4.69) is 27.3 Å². The number of aromatic amines is 1. The maximum atomic E-state index is 11.2. The van der Waals surface area contributed by atoms with Crippen LogP contribution in [-0.2, 0) is 11.3 Å². The lowest BCUT2D eigenvalue weighted by Crippen LogP contribution is -2.42. The van der Waals surface area contributed by atoms with Gasteiger partial charge in [-0.2, -0.15) is 13.2 Å². The Labute approximate surface area is 187 Å². The minimum absolute atomic E-state index is 0.407. The molecule has 1 aromatic heterocycles. The Balaban J connectivity index is 0.000000383. The van der Waals surface area contributed by atoms with Crippen molar-refractivity contribution in [3.05, 3.63) is 58.6 Å². The molecule has 0 saturated carbocycles. The van der Waals surface area contributed by atoms with Crippen LogP contribution in [0.15, 0.2) is 51.7 Å². The SMILES string of the molecule is COc1cccc(N2CCC(NCc3ccc4oc(=O)[nH]c4c3)CC2)c1.O=C(O)C(F)(F)F. The monoisotopic (exact) mass is 467 g/mol. The lowest BCUT2D eigenvalue weighted by atomic mass is 10.0. The second kappa shape index (κ2) is 10.4. The number of rotatable bonds is 5. The molecule has 0 amide bonds. The molecule has 0 bridgehead atoms. The Hall–Kier alpha value is -3.47. The topological polar surface area (TPSA) is 108 Å². The number of halogens is 3. The number of hydrogen-bond donors (Lipinski definition) is 3. The largest absolute Gasteiger partial charge is 0.497 e. The Morgan fingerprint density at radius 2 is 1.94 bits per heavy atom. The third kappa shape index (κ3) is 6.75. The summed E-state index contributed by atoms with van der Waals surface area (Å²) in [6, 6.07) is 14.5. The number of carboxylic acid groups (broad SMARTS) is 1. The number of aliphatic carboxylic acids is 1. The number of hydrogen-bond acceptors (Lipinski definition) is 6. The molecule has 0 radical (unpaired) electrons. The third-order valence-corrected chi connectivity index (χ3v) is 5.23. The second-order valence-electron chi connectivity index (χ2n) is 7.49. The smallest absolute Gasteiger partial charge is 0.490 e. The number of piperidine rings is 1. The first-order valence-electron chi connectivity index (χ1n) is 10.2. The number of fused-ring (bicyclic) bond motifs is 1. The standard InChI is InChI=1S/C20H23N3O3.C2HF3O2/c1-25-17-4-2-3-16(12-17)23-9-7-15(8-10-23)21-13-14-5-6-19-18(11-14)22-20(24)26-19;3-2(4,5)1(6)7/h2-6,11-12,15,21H,7-10,13H2,1H3,(H,22,24);(H,6,7). The molecular weight excluding hydrogens is 443 g/mol. The summed E-state index contributed by atoms with van der Waals surface area (Å²) < 4.78 is 42.1. The number of methoxy groups -OCH3 is 1. The molecular formula is C22H24F3N3O5. The van der Waals surface area contributed by atoms with Gasteiger partial charge in [-0.05, 0) is 42.7 Å².